The third kappa shape index (κ3) is 9.64. The molecule has 5 aliphatic heterocycles. The quantitative estimate of drug-likeness (QED) is 0.184. The number of nitrogens with zero attached hydrogens (tertiary/aromatic N) is 8. The molecule has 24 heteroatoms. The number of imide groups is 2. The van der Waals surface area contributed by atoms with Crippen molar-refractivity contribution in [2.24, 2.45) is 0 Å². The highest BCUT2D eigenvalue weighted by Crippen LogP contribution is 2.42. The molecule has 3 aromatic rings. The second-order valence-electron chi connectivity index (χ2n) is 18.6. The van der Waals surface area contributed by atoms with E-state index in [4.69, 9.17) is 4.74 Å². The number of piperidine rings is 2. The molecule has 1 aromatic heterocycles. The largest absolute Gasteiger partial charge is 0.495 e. The number of amides is 7. The highest BCUT2D eigenvalue weighted by atomic mass is 19.4. The lowest BCUT2D eigenvalue weighted by Crippen LogP contribution is -2.54. The molecular weight excluding hydrogens is 942 g/mol. The van der Waals surface area contributed by atoms with E-state index in [2.05, 4.69) is 30.8 Å². The van der Waals surface area contributed by atoms with Crippen LogP contribution in [0.25, 0.3) is 0 Å². The summed E-state index contributed by atoms with van der Waals surface area (Å²) in [6.07, 6.45) is -0.272. The van der Waals surface area contributed by atoms with Crippen LogP contribution in [0.15, 0.2) is 36.5 Å². The molecule has 71 heavy (non-hydrogen) atoms. The molecule has 7 amide bonds. The lowest BCUT2D eigenvalue weighted by atomic mass is 10.0. The average molecular weight is 994 g/mol. The van der Waals surface area contributed by atoms with Crippen molar-refractivity contribution >= 4 is 70.2 Å². The molecule has 2 aromatic carbocycles. The van der Waals surface area contributed by atoms with Gasteiger partial charge >= 0.3 is 12.1 Å². The van der Waals surface area contributed by atoms with E-state index in [9.17, 15) is 46.7 Å². The van der Waals surface area contributed by atoms with E-state index in [0.29, 0.717) is 57.3 Å². The zero-order valence-electron chi connectivity index (χ0n) is 39.0. The minimum absolute atomic E-state index is 0.0134. The number of piperazine rings is 1. The number of methoxy groups -OCH3 is 1. The van der Waals surface area contributed by atoms with Crippen molar-refractivity contribution in [3.8, 4) is 5.75 Å². The van der Waals surface area contributed by atoms with Crippen molar-refractivity contribution in [3.63, 3.8) is 0 Å². The molecule has 1 aliphatic carbocycles. The van der Waals surface area contributed by atoms with Crippen LogP contribution >= 0.6 is 0 Å². The van der Waals surface area contributed by atoms with Gasteiger partial charge in [0.1, 0.15) is 17.5 Å². The summed E-state index contributed by atoms with van der Waals surface area (Å²) in [5, 5.41) is 7.61. The van der Waals surface area contributed by atoms with Gasteiger partial charge in [-0.3, -0.25) is 48.7 Å². The number of carbonyl (C=O) groups is 7. The van der Waals surface area contributed by atoms with E-state index in [-0.39, 0.29) is 97.2 Å². The van der Waals surface area contributed by atoms with Gasteiger partial charge in [-0.25, -0.2) is 4.98 Å². The number of halogens is 5. The molecule has 0 spiro atoms. The standard InChI is InChI=1S/C47H52F5N11O8/c1-58-34-24-53-45(57-39(34)62(27-6-3-4-7-27)25-46(48,49)44(58)70)55-31-23-30(47(50,51)52)29(22-35(31)71-2)40(66)54-26-12-16-61(17-13-26)37(65)14-15-59-18-20-60(21-19-59)32-9-5-8-28-38(32)43(69)63(42(28)68)33-10-11-36(64)56-41(33)67/h5,8-9,22-24,26-27,33H,3-4,6-7,10-21,25H2,1-2H3,(H,54,66)(H,53,55,57)(H,56,64,67). The number of alkyl halides is 5. The number of rotatable bonds is 11. The molecule has 378 valence electrons. The van der Waals surface area contributed by atoms with Gasteiger partial charge in [0, 0.05) is 77.8 Å². The maximum Gasteiger partial charge on any atom is 0.417 e. The van der Waals surface area contributed by atoms with E-state index < -0.39 is 77.3 Å². The topological polar surface area (TPSA) is 210 Å². The monoisotopic (exact) mass is 993 g/mol. The van der Waals surface area contributed by atoms with Crippen LogP contribution in [0, 0.1) is 0 Å². The first-order valence-electron chi connectivity index (χ1n) is 23.6. The van der Waals surface area contributed by atoms with Gasteiger partial charge < -0.3 is 35.0 Å². The van der Waals surface area contributed by atoms with Crippen LogP contribution in [-0.4, -0.2) is 157 Å². The number of aromatic nitrogens is 2. The molecule has 0 bridgehead atoms. The minimum Gasteiger partial charge on any atom is -0.495 e. The van der Waals surface area contributed by atoms with Gasteiger partial charge in [0.15, 0.2) is 5.82 Å². The number of likely N-dealkylation sites (tertiary alicyclic amines) is 1. The Bertz CT molecular complexity index is 2670. The lowest BCUT2D eigenvalue weighted by molar-refractivity contribution is -0.140. The second kappa shape index (κ2) is 19.3. The smallest absolute Gasteiger partial charge is 0.417 e. The van der Waals surface area contributed by atoms with Gasteiger partial charge in [0.05, 0.1) is 53.5 Å². The van der Waals surface area contributed by atoms with Crippen molar-refractivity contribution in [3.05, 3.63) is 58.8 Å². The summed E-state index contributed by atoms with van der Waals surface area (Å²) in [5.74, 6) is -9.01. The first kappa shape index (κ1) is 49.0. The van der Waals surface area contributed by atoms with E-state index in [1.165, 1.54) is 19.1 Å². The summed E-state index contributed by atoms with van der Waals surface area (Å²) in [4.78, 5) is 108. The van der Waals surface area contributed by atoms with Crippen molar-refractivity contribution < 1.29 is 60.3 Å². The van der Waals surface area contributed by atoms with Crippen LogP contribution in [0.3, 0.4) is 0 Å². The minimum atomic E-state index is -5.01. The van der Waals surface area contributed by atoms with E-state index in [1.54, 1.807) is 23.1 Å². The number of ether oxygens (including phenoxy) is 1. The Morgan fingerprint density at radius 1 is 0.915 bits per heavy atom. The van der Waals surface area contributed by atoms with Crippen LogP contribution < -0.4 is 35.4 Å². The second-order valence-corrected chi connectivity index (χ2v) is 18.6. The van der Waals surface area contributed by atoms with Gasteiger partial charge in [-0.15, -0.1) is 0 Å². The summed E-state index contributed by atoms with van der Waals surface area (Å²) in [5.41, 5.74) is -1.26. The highest BCUT2D eigenvalue weighted by Gasteiger charge is 2.50. The third-order valence-corrected chi connectivity index (χ3v) is 14.3. The zero-order chi connectivity index (χ0) is 50.5. The van der Waals surface area contributed by atoms with Gasteiger partial charge in [0.2, 0.25) is 23.7 Å². The average Bonchev–Trinajstić information content (AvgIpc) is 3.96. The zero-order valence-corrected chi connectivity index (χ0v) is 39.0. The lowest BCUT2D eigenvalue weighted by Gasteiger charge is -2.37. The number of hydrogen-bond acceptors (Lipinski definition) is 14. The Morgan fingerprint density at radius 2 is 1.63 bits per heavy atom. The van der Waals surface area contributed by atoms with Gasteiger partial charge in [-0.2, -0.15) is 26.9 Å². The first-order valence-corrected chi connectivity index (χ1v) is 23.6. The maximum atomic E-state index is 15.1. The number of anilines is 5. The molecule has 4 fully saturated rings. The normalized spacial score (nSPS) is 21.3. The van der Waals surface area contributed by atoms with Crippen molar-refractivity contribution in [2.75, 3.05) is 86.5 Å². The SMILES string of the molecule is COc1cc(C(=O)NC2CCN(C(=O)CCN3CCN(c4cccc5c4C(=O)N(C4CCC(=O)NC4=O)C5=O)CC3)CC2)c(C(F)(F)F)cc1Nc1ncc2c(n1)N(C1CCCC1)CC(F)(F)C(=O)N2C. The summed E-state index contributed by atoms with van der Waals surface area (Å²) in [6.45, 7) is 2.13. The number of nitrogens with one attached hydrogen (secondary N) is 3. The van der Waals surface area contributed by atoms with Gasteiger partial charge in [0.25, 0.3) is 23.6 Å². The predicted octanol–water partition coefficient (Wildman–Crippen LogP) is 3.94. The molecule has 9 rings (SSSR count). The number of hydrogen-bond donors (Lipinski definition) is 3. The molecule has 6 aliphatic rings. The Hall–Kier alpha value is -6.98. The fraction of sp³-hybridized carbons (Fsp3) is 0.511. The Balaban J connectivity index is 0.790. The van der Waals surface area contributed by atoms with E-state index in [1.807, 2.05) is 4.90 Å². The third-order valence-electron chi connectivity index (χ3n) is 14.3. The fourth-order valence-corrected chi connectivity index (χ4v) is 10.4. The Labute approximate surface area is 404 Å². The molecule has 1 unspecified atom stereocenters. The van der Waals surface area contributed by atoms with Crippen LogP contribution in [0.1, 0.15) is 94.4 Å². The molecular formula is C47H52F5N11O8. The van der Waals surface area contributed by atoms with Crippen LogP contribution in [0.4, 0.5) is 50.8 Å². The fourth-order valence-electron chi connectivity index (χ4n) is 10.4. The Kier molecular flexibility index (Phi) is 13.3. The maximum absolute atomic E-state index is 15.1. The summed E-state index contributed by atoms with van der Waals surface area (Å²) in [6, 6.07) is 4.65. The van der Waals surface area contributed by atoms with Crippen LogP contribution in [0.5, 0.6) is 5.75 Å². The van der Waals surface area contributed by atoms with Crippen molar-refractivity contribution in [1.29, 1.82) is 0 Å². The summed E-state index contributed by atoms with van der Waals surface area (Å²) in [7, 11) is 2.39. The van der Waals surface area contributed by atoms with Gasteiger partial charge in [-0.05, 0) is 56.4 Å². The highest BCUT2D eigenvalue weighted by molar-refractivity contribution is 6.25. The molecule has 6 heterocycles. The molecule has 0 radical (unpaired) electrons. The predicted molar refractivity (Wildman–Crippen MR) is 245 cm³/mol. The molecule has 3 N–H and O–H groups in total. The van der Waals surface area contributed by atoms with Crippen LogP contribution in [-0.2, 0) is 25.4 Å². The number of fused-ring (bicyclic) bond motifs is 2. The van der Waals surface area contributed by atoms with Crippen LogP contribution in [0.2, 0.25) is 0 Å². The first-order chi connectivity index (χ1) is 33.8. The summed E-state index contributed by atoms with van der Waals surface area (Å²) < 4.78 is 79.8. The van der Waals surface area contributed by atoms with E-state index in [0.717, 1.165) is 34.9 Å². The molecule has 19 nitrogen and oxygen atoms in total. The Morgan fingerprint density at radius 3 is 2.31 bits per heavy atom. The molecule has 1 saturated carbocycles. The number of carbonyl (C=O) groups excluding carboxylic acids is 7. The van der Waals surface area contributed by atoms with Crippen molar-refractivity contribution in [1.82, 2.24) is 35.3 Å². The summed E-state index contributed by atoms with van der Waals surface area (Å²) >= 11 is 0. The van der Waals surface area contributed by atoms with E-state index >= 15 is 8.78 Å². The molecule has 3 saturated heterocycles. The van der Waals surface area contributed by atoms with Crippen molar-refractivity contribution in [2.45, 2.75) is 88.0 Å². The number of benzene rings is 2. The van der Waals surface area contributed by atoms with Gasteiger partial charge in [-0.1, -0.05) is 18.9 Å². The molecule has 1 atom stereocenters.